The van der Waals surface area contributed by atoms with E-state index in [2.05, 4.69) is 30.9 Å². The summed E-state index contributed by atoms with van der Waals surface area (Å²) in [6.45, 7) is 5.31. The summed E-state index contributed by atoms with van der Waals surface area (Å²) >= 11 is 0. The highest BCUT2D eigenvalue weighted by molar-refractivity contribution is 5.68. The van der Waals surface area contributed by atoms with Gasteiger partial charge in [0.15, 0.2) is 6.29 Å². The minimum Gasteiger partial charge on any atom is -0.466 e. The van der Waals surface area contributed by atoms with Crippen molar-refractivity contribution in [3.05, 3.63) is 28.8 Å². The summed E-state index contributed by atoms with van der Waals surface area (Å²) in [6, 6.07) is 4.55. The SMILES string of the molecule is CCC(=O)OCCCC#Cc1cc2c(cc1OC1CCCCO1)CC[C@@H]1[C@@H]2CC[C@]2(C)[C@H](O)CC[C@@H]12. The molecule has 0 bridgehead atoms. The molecule has 4 aliphatic rings. The maximum absolute atomic E-state index is 11.4. The third-order valence-corrected chi connectivity index (χ3v) is 9.39. The van der Waals surface area contributed by atoms with E-state index in [0.29, 0.717) is 37.2 Å². The number of carbonyl (C=O) groups is 1. The van der Waals surface area contributed by atoms with Crippen molar-refractivity contribution in [3.8, 4) is 17.6 Å². The standard InChI is InChI=1S/C31H42O5/c1-3-29(33)34-17-7-4-5-9-22-19-25-21(20-27(22)36-30-10-6-8-18-35-30)11-12-24-23(25)15-16-31(2)26(24)13-14-28(31)32/h19-20,23-24,26,28,30,32H,3-4,6-8,10-18H2,1-2H3/t23-,24+,26-,28+,30?,31-/m0/s1. The second kappa shape index (κ2) is 11.2. The van der Waals surface area contributed by atoms with Gasteiger partial charge in [0.25, 0.3) is 0 Å². The van der Waals surface area contributed by atoms with Crippen LogP contribution < -0.4 is 4.74 Å². The van der Waals surface area contributed by atoms with Crippen LogP contribution >= 0.6 is 0 Å². The molecule has 36 heavy (non-hydrogen) atoms. The Kier molecular flexibility index (Phi) is 7.93. The van der Waals surface area contributed by atoms with Crippen LogP contribution in [0.1, 0.15) is 107 Å². The summed E-state index contributed by atoms with van der Waals surface area (Å²) < 4.78 is 17.5. The Labute approximate surface area is 216 Å². The first-order valence-corrected chi connectivity index (χ1v) is 14.3. The number of rotatable bonds is 6. The molecule has 5 nitrogen and oxygen atoms in total. The Morgan fingerprint density at radius 2 is 2.08 bits per heavy atom. The summed E-state index contributed by atoms with van der Waals surface area (Å²) in [4.78, 5) is 11.4. The highest BCUT2D eigenvalue weighted by Gasteiger charge is 2.54. The first-order valence-electron chi connectivity index (χ1n) is 14.3. The fourth-order valence-corrected chi connectivity index (χ4v) is 7.32. The molecule has 1 aromatic carbocycles. The molecule has 1 saturated heterocycles. The van der Waals surface area contributed by atoms with Gasteiger partial charge < -0.3 is 19.3 Å². The van der Waals surface area contributed by atoms with Gasteiger partial charge in [-0.05, 0) is 104 Å². The molecule has 3 aliphatic carbocycles. The molecule has 6 atom stereocenters. The van der Waals surface area contributed by atoms with Crippen LogP contribution in [0.2, 0.25) is 0 Å². The molecule has 0 radical (unpaired) electrons. The highest BCUT2D eigenvalue weighted by atomic mass is 16.7. The van der Waals surface area contributed by atoms with E-state index in [4.69, 9.17) is 14.2 Å². The van der Waals surface area contributed by atoms with Crippen LogP contribution in [-0.2, 0) is 20.7 Å². The minimum atomic E-state index is -0.197. The van der Waals surface area contributed by atoms with Crippen molar-refractivity contribution in [3.63, 3.8) is 0 Å². The molecular formula is C31H42O5. The molecule has 1 unspecified atom stereocenters. The van der Waals surface area contributed by atoms with Gasteiger partial charge in [0.2, 0.25) is 0 Å². The van der Waals surface area contributed by atoms with Gasteiger partial charge >= 0.3 is 5.97 Å². The molecule has 5 heteroatoms. The van der Waals surface area contributed by atoms with Gasteiger partial charge in [0.1, 0.15) is 5.75 Å². The van der Waals surface area contributed by atoms with Crippen LogP contribution in [0.15, 0.2) is 12.1 Å². The molecule has 196 valence electrons. The van der Waals surface area contributed by atoms with Crippen LogP contribution in [0, 0.1) is 29.1 Å². The lowest BCUT2D eigenvalue weighted by molar-refractivity contribution is -0.143. The zero-order valence-corrected chi connectivity index (χ0v) is 22.0. The highest BCUT2D eigenvalue weighted by Crippen LogP contribution is 2.61. The van der Waals surface area contributed by atoms with Gasteiger partial charge in [-0.25, -0.2) is 0 Å². The van der Waals surface area contributed by atoms with Gasteiger partial charge in [0, 0.05) is 19.3 Å². The van der Waals surface area contributed by atoms with Crippen molar-refractivity contribution in [1.82, 2.24) is 0 Å². The molecule has 1 heterocycles. The lowest BCUT2D eigenvalue weighted by atomic mass is 9.55. The lowest BCUT2D eigenvalue weighted by Gasteiger charge is -2.50. The third kappa shape index (κ3) is 5.18. The number of ether oxygens (including phenoxy) is 3. The number of carbonyl (C=O) groups excluding carboxylic acids is 1. The molecule has 5 rings (SSSR count). The van der Waals surface area contributed by atoms with Crippen molar-refractivity contribution < 1.29 is 24.1 Å². The van der Waals surface area contributed by atoms with E-state index >= 15 is 0 Å². The third-order valence-electron chi connectivity index (χ3n) is 9.39. The number of aliphatic hydroxyl groups is 1. The zero-order chi connectivity index (χ0) is 25.1. The Hall–Kier alpha value is -2.03. The van der Waals surface area contributed by atoms with Crippen LogP contribution in [0.5, 0.6) is 5.75 Å². The predicted octanol–water partition coefficient (Wildman–Crippen LogP) is 5.89. The Morgan fingerprint density at radius 3 is 2.89 bits per heavy atom. The molecule has 0 spiro atoms. The maximum atomic E-state index is 11.4. The quantitative estimate of drug-likeness (QED) is 0.303. The molecule has 0 aromatic heterocycles. The molecule has 1 aromatic rings. The number of hydrogen-bond donors (Lipinski definition) is 1. The largest absolute Gasteiger partial charge is 0.466 e. The van der Waals surface area contributed by atoms with Gasteiger partial charge in [-0.15, -0.1) is 0 Å². The van der Waals surface area contributed by atoms with Crippen molar-refractivity contribution in [2.75, 3.05) is 13.2 Å². The maximum Gasteiger partial charge on any atom is 0.305 e. The van der Waals surface area contributed by atoms with Gasteiger partial charge in [0.05, 0.1) is 24.9 Å². The van der Waals surface area contributed by atoms with E-state index in [-0.39, 0.29) is 23.8 Å². The number of aryl methyl sites for hydroxylation is 1. The number of esters is 1. The van der Waals surface area contributed by atoms with Gasteiger partial charge in [-0.1, -0.05) is 25.7 Å². The first kappa shape index (κ1) is 25.6. The van der Waals surface area contributed by atoms with Crippen LogP contribution in [-0.4, -0.2) is 36.7 Å². The van der Waals surface area contributed by atoms with Gasteiger partial charge in [-0.3, -0.25) is 4.79 Å². The van der Waals surface area contributed by atoms with E-state index in [9.17, 15) is 9.90 Å². The van der Waals surface area contributed by atoms with Crippen molar-refractivity contribution >= 4 is 5.97 Å². The first-order chi connectivity index (χ1) is 17.5. The Balaban J connectivity index is 1.37. The smallest absolute Gasteiger partial charge is 0.305 e. The molecular weight excluding hydrogens is 452 g/mol. The second-order valence-electron chi connectivity index (χ2n) is 11.5. The van der Waals surface area contributed by atoms with Crippen LogP contribution in [0.25, 0.3) is 0 Å². The van der Waals surface area contributed by atoms with E-state index in [1.54, 1.807) is 0 Å². The average molecular weight is 495 g/mol. The molecule has 2 saturated carbocycles. The Morgan fingerprint density at radius 1 is 1.19 bits per heavy atom. The van der Waals surface area contributed by atoms with E-state index in [1.807, 2.05) is 6.92 Å². The van der Waals surface area contributed by atoms with Crippen LogP contribution in [0.3, 0.4) is 0 Å². The molecule has 1 aliphatic heterocycles. The second-order valence-corrected chi connectivity index (χ2v) is 11.5. The topological polar surface area (TPSA) is 65.0 Å². The summed E-state index contributed by atoms with van der Waals surface area (Å²) in [7, 11) is 0. The average Bonchev–Trinajstić information content (AvgIpc) is 3.20. The molecule has 1 N–H and O–H groups in total. The molecule has 3 fully saturated rings. The zero-order valence-electron chi connectivity index (χ0n) is 22.0. The number of hydrogen-bond acceptors (Lipinski definition) is 5. The van der Waals surface area contributed by atoms with Crippen LogP contribution in [0.4, 0.5) is 0 Å². The molecule has 0 amide bonds. The normalized spacial score (nSPS) is 32.9. The number of aliphatic hydroxyl groups excluding tert-OH is 1. The minimum absolute atomic E-state index is 0.0872. The lowest BCUT2D eigenvalue weighted by Crippen LogP contribution is -2.44. The number of fused-ring (bicyclic) bond motifs is 5. The summed E-state index contributed by atoms with van der Waals surface area (Å²) in [5.74, 6) is 9.21. The van der Waals surface area contributed by atoms with Gasteiger partial charge in [-0.2, -0.15) is 0 Å². The Bertz CT molecular complexity index is 1000. The fraction of sp³-hybridized carbons (Fsp3) is 0.710. The van der Waals surface area contributed by atoms with Crippen molar-refractivity contribution in [2.24, 2.45) is 17.3 Å². The van der Waals surface area contributed by atoms with E-state index in [1.165, 1.54) is 17.5 Å². The van der Waals surface area contributed by atoms with E-state index < -0.39 is 0 Å². The monoisotopic (exact) mass is 494 g/mol. The number of unbranched alkanes of at least 4 members (excludes halogenated alkanes) is 1. The van der Waals surface area contributed by atoms with Crippen molar-refractivity contribution in [2.45, 2.75) is 109 Å². The summed E-state index contributed by atoms with van der Waals surface area (Å²) in [5, 5.41) is 10.7. The fourth-order valence-electron chi connectivity index (χ4n) is 7.32. The van der Waals surface area contributed by atoms with Crippen molar-refractivity contribution in [1.29, 1.82) is 0 Å². The summed E-state index contributed by atoms with van der Waals surface area (Å²) in [5.41, 5.74) is 3.90. The predicted molar refractivity (Wildman–Crippen MR) is 139 cm³/mol. The van der Waals surface area contributed by atoms with E-state index in [0.717, 1.165) is 75.7 Å². The number of benzene rings is 1. The summed E-state index contributed by atoms with van der Waals surface area (Å²) in [6.07, 6.45) is 11.2.